The normalized spacial score (nSPS) is 12.8. The van der Waals surface area contributed by atoms with E-state index in [0.717, 1.165) is 12.2 Å². The summed E-state index contributed by atoms with van der Waals surface area (Å²) in [6.45, 7) is 7.60. The van der Waals surface area contributed by atoms with Gasteiger partial charge in [-0.3, -0.25) is 0 Å². The van der Waals surface area contributed by atoms with E-state index in [4.69, 9.17) is 9.47 Å². The van der Waals surface area contributed by atoms with Gasteiger partial charge in [-0.05, 0) is 33.6 Å². The van der Waals surface area contributed by atoms with Gasteiger partial charge in [-0.15, -0.1) is 0 Å². The van der Waals surface area contributed by atoms with Crippen LogP contribution in [0.25, 0.3) is 0 Å². The Hall–Kier alpha value is -1.17. The van der Waals surface area contributed by atoms with E-state index >= 15 is 0 Å². The van der Waals surface area contributed by atoms with E-state index in [1.54, 1.807) is 32.5 Å². The first kappa shape index (κ1) is 26.8. The van der Waals surface area contributed by atoms with Gasteiger partial charge in [-0.2, -0.15) is 11.8 Å². The van der Waals surface area contributed by atoms with Gasteiger partial charge >= 0.3 is 12.1 Å². The third kappa shape index (κ3) is 17.0. The van der Waals surface area contributed by atoms with Crippen molar-refractivity contribution in [3.63, 3.8) is 0 Å². The Balaban J connectivity index is 3.88. The Bertz CT molecular complexity index is 446. The number of ether oxygens (including phenoxy) is 2. The summed E-state index contributed by atoms with van der Waals surface area (Å²) in [5.41, 5.74) is -0.601. The molecule has 0 fully saturated rings. The molecule has 5 nitrogen and oxygen atoms in total. The summed E-state index contributed by atoms with van der Waals surface area (Å²) in [6, 6.07) is -0.703. The van der Waals surface area contributed by atoms with Crippen molar-refractivity contribution in [2.45, 2.75) is 97.1 Å². The summed E-state index contributed by atoms with van der Waals surface area (Å²) in [7, 11) is 1.32. The Morgan fingerprint density at radius 1 is 1.00 bits per heavy atom. The van der Waals surface area contributed by atoms with Gasteiger partial charge in [-0.1, -0.05) is 64.0 Å². The minimum Gasteiger partial charge on any atom is -0.467 e. The lowest BCUT2D eigenvalue weighted by Crippen LogP contribution is -2.45. The van der Waals surface area contributed by atoms with Crippen molar-refractivity contribution in [1.29, 1.82) is 0 Å². The average molecular weight is 416 g/mol. The molecule has 0 aliphatic heterocycles. The number of hydrogen-bond acceptors (Lipinski definition) is 5. The highest BCUT2D eigenvalue weighted by Gasteiger charge is 2.24. The molecule has 28 heavy (non-hydrogen) atoms. The maximum atomic E-state index is 11.9. The molecule has 0 rings (SSSR count). The van der Waals surface area contributed by atoms with Gasteiger partial charge in [0.25, 0.3) is 0 Å². The minimum atomic E-state index is -0.703. The summed E-state index contributed by atoms with van der Waals surface area (Å²) in [5.74, 6) is 0.801. The molecule has 0 spiro atoms. The number of nitrogens with one attached hydrogen (secondary N) is 1. The van der Waals surface area contributed by atoms with E-state index in [9.17, 15) is 9.59 Å². The van der Waals surface area contributed by atoms with E-state index in [-0.39, 0.29) is 0 Å². The van der Waals surface area contributed by atoms with Gasteiger partial charge in [0.2, 0.25) is 0 Å². The number of esters is 1. The van der Waals surface area contributed by atoms with Crippen LogP contribution in [0.3, 0.4) is 0 Å². The van der Waals surface area contributed by atoms with Gasteiger partial charge in [-0.25, -0.2) is 9.59 Å². The minimum absolute atomic E-state index is 0.452. The van der Waals surface area contributed by atoms with Crippen molar-refractivity contribution in [3.8, 4) is 0 Å². The van der Waals surface area contributed by atoms with E-state index in [0.29, 0.717) is 5.75 Å². The number of rotatable bonds is 15. The molecule has 0 aromatic rings. The van der Waals surface area contributed by atoms with E-state index in [2.05, 4.69) is 24.4 Å². The molecule has 0 heterocycles. The third-order valence-electron chi connectivity index (χ3n) is 4.07. The Morgan fingerprint density at radius 3 is 2.18 bits per heavy atom. The second kappa shape index (κ2) is 16.8. The smallest absolute Gasteiger partial charge is 0.408 e. The fourth-order valence-corrected chi connectivity index (χ4v) is 3.46. The maximum absolute atomic E-state index is 11.9. The van der Waals surface area contributed by atoms with Crippen molar-refractivity contribution < 1.29 is 19.1 Å². The first-order valence-electron chi connectivity index (χ1n) is 10.6. The van der Waals surface area contributed by atoms with Crippen molar-refractivity contribution in [2.75, 3.05) is 18.6 Å². The predicted octanol–water partition coefficient (Wildman–Crippen LogP) is 5.87. The molecule has 1 amide bonds. The maximum Gasteiger partial charge on any atom is 0.408 e. The van der Waals surface area contributed by atoms with Gasteiger partial charge < -0.3 is 14.8 Å². The first-order chi connectivity index (χ1) is 13.3. The largest absolute Gasteiger partial charge is 0.467 e. The second-order valence-corrected chi connectivity index (χ2v) is 9.07. The van der Waals surface area contributed by atoms with Crippen LogP contribution in [0.5, 0.6) is 0 Å². The molecule has 0 aromatic heterocycles. The molecule has 0 bridgehead atoms. The van der Waals surface area contributed by atoms with Crippen molar-refractivity contribution in [3.05, 3.63) is 12.2 Å². The van der Waals surface area contributed by atoms with Crippen molar-refractivity contribution in [1.82, 2.24) is 5.32 Å². The highest BCUT2D eigenvalue weighted by atomic mass is 32.2. The molecule has 0 radical (unpaired) electrons. The van der Waals surface area contributed by atoms with Gasteiger partial charge in [0, 0.05) is 11.5 Å². The third-order valence-corrected chi connectivity index (χ3v) is 5.06. The van der Waals surface area contributed by atoms with Gasteiger partial charge in [0.1, 0.15) is 11.6 Å². The standard InChI is InChI=1S/C22H41NO4S/c1-6-7-8-9-10-11-12-13-14-15-16-17-28-18-19(20(24)26-5)23-21(25)27-22(2,3)4/h15-16,19H,6-14,17-18H2,1-5H3,(H,23,25)/b16-15+. The zero-order valence-electron chi connectivity index (χ0n) is 18.6. The molecule has 164 valence electrons. The SMILES string of the molecule is CCCCCCCCCC/C=C/CSCC(NC(=O)OC(C)(C)C)C(=O)OC. The van der Waals surface area contributed by atoms with E-state index in [1.807, 2.05) is 0 Å². The van der Waals surface area contributed by atoms with Crippen LogP contribution < -0.4 is 5.32 Å². The van der Waals surface area contributed by atoms with Crippen LogP contribution in [-0.4, -0.2) is 42.3 Å². The van der Waals surface area contributed by atoms with Gasteiger partial charge in [0.05, 0.1) is 7.11 Å². The molecule has 0 aliphatic carbocycles. The van der Waals surface area contributed by atoms with Crippen LogP contribution >= 0.6 is 11.8 Å². The van der Waals surface area contributed by atoms with Crippen LogP contribution in [0.2, 0.25) is 0 Å². The first-order valence-corrected chi connectivity index (χ1v) is 11.8. The zero-order chi connectivity index (χ0) is 21.3. The lowest BCUT2D eigenvalue weighted by atomic mass is 10.1. The summed E-state index contributed by atoms with van der Waals surface area (Å²) in [4.78, 5) is 23.7. The van der Waals surface area contributed by atoms with Crippen LogP contribution in [0, 0.1) is 0 Å². The summed E-state index contributed by atoms with van der Waals surface area (Å²) < 4.78 is 9.97. The Kier molecular flexibility index (Phi) is 16.1. The quantitative estimate of drug-likeness (QED) is 0.206. The Labute approximate surface area is 176 Å². The van der Waals surface area contributed by atoms with Crippen LogP contribution in [-0.2, 0) is 14.3 Å². The summed E-state index contributed by atoms with van der Waals surface area (Å²) in [6.07, 6.45) is 15.5. The Morgan fingerprint density at radius 2 is 1.61 bits per heavy atom. The van der Waals surface area contributed by atoms with Crippen molar-refractivity contribution in [2.24, 2.45) is 0 Å². The fourth-order valence-electron chi connectivity index (χ4n) is 2.60. The molecular weight excluding hydrogens is 374 g/mol. The number of carbonyl (C=O) groups excluding carboxylic acids is 2. The second-order valence-electron chi connectivity index (χ2n) is 7.99. The lowest BCUT2D eigenvalue weighted by molar-refractivity contribution is -0.142. The highest BCUT2D eigenvalue weighted by molar-refractivity contribution is 7.99. The highest BCUT2D eigenvalue weighted by Crippen LogP contribution is 2.11. The molecule has 0 saturated heterocycles. The average Bonchev–Trinajstić information content (AvgIpc) is 2.62. The molecule has 1 N–H and O–H groups in total. The number of allylic oxidation sites excluding steroid dienone is 1. The number of thioether (sulfide) groups is 1. The fraction of sp³-hybridized carbons (Fsp3) is 0.818. The molecule has 1 unspecified atom stereocenters. The molecule has 0 aliphatic rings. The molecule has 0 saturated carbocycles. The molecule has 1 atom stereocenters. The summed E-state index contributed by atoms with van der Waals surface area (Å²) >= 11 is 1.59. The number of methoxy groups -OCH3 is 1. The molecule has 6 heteroatoms. The van der Waals surface area contributed by atoms with Crippen molar-refractivity contribution >= 4 is 23.8 Å². The van der Waals surface area contributed by atoms with Crippen LogP contribution in [0.1, 0.15) is 85.5 Å². The van der Waals surface area contributed by atoms with Crippen LogP contribution in [0.4, 0.5) is 4.79 Å². The number of amides is 1. The van der Waals surface area contributed by atoms with Crippen LogP contribution in [0.15, 0.2) is 12.2 Å². The predicted molar refractivity (Wildman–Crippen MR) is 119 cm³/mol. The molecular formula is C22H41NO4S. The summed E-state index contributed by atoms with van der Waals surface area (Å²) in [5, 5.41) is 2.59. The van der Waals surface area contributed by atoms with Gasteiger partial charge in [0.15, 0.2) is 0 Å². The monoisotopic (exact) mass is 415 g/mol. The van der Waals surface area contributed by atoms with E-state index < -0.39 is 23.7 Å². The zero-order valence-corrected chi connectivity index (χ0v) is 19.4. The number of unbranched alkanes of at least 4 members (excludes halogenated alkanes) is 8. The topological polar surface area (TPSA) is 64.6 Å². The number of hydrogen-bond donors (Lipinski definition) is 1. The molecule has 0 aromatic carbocycles. The number of alkyl carbamates (subject to hydrolysis) is 1. The number of carbonyl (C=O) groups is 2. The lowest BCUT2D eigenvalue weighted by Gasteiger charge is -2.22. The van der Waals surface area contributed by atoms with E-state index in [1.165, 1.54) is 58.5 Å².